The Hall–Kier alpha value is -2.37. The number of carbonyl (C=O) groups excluding carboxylic acids is 2. The normalized spacial score (nSPS) is 20.8. The van der Waals surface area contributed by atoms with Crippen molar-refractivity contribution < 1.29 is 9.59 Å². The third kappa shape index (κ3) is 4.37. The maximum Gasteiger partial charge on any atom is 0.255 e. The van der Waals surface area contributed by atoms with Crippen LogP contribution >= 0.6 is 12.4 Å². The lowest BCUT2D eigenvalue weighted by atomic mass is 10.1. The molecule has 148 valence electrons. The van der Waals surface area contributed by atoms with Crippen LogP contribution in [-0.4, -0.2) is 41.9 Å². The largest absolute Gasteiger partial charge is 0.337 e. The maximum absolute atomic E-state index is 13.0. The summed E-state index contributed by atoms with van der Waals surface area (Å²) in [5.74, 6) is -0.126. The summed E-state index contributed by atoms with van der Waals surface area (Å²) in [6.07, 6.45) is 3.36. The van der Waals surface area contributed by atoms with E-state index in [1.807, 2.05) is 42.2 Å². The number of nitrogens with zero attached hydrogens (tertiary/aromatic N) is 1. The number of rotatable bonds is 3. The summed E-state index contributed by atoms with van der Waals surface area (Å²) in [5, 5.41) is 6.55. The van der Waals surface area contributed by atoms with E-state index in [4.69, 9.17) is 0 Å². The number of halogens is 1. The van der Waals surface area contributed by atoms with Crippen molar-refractivity contribution in [3.8, 4) is 0 Å². The van der Waals surface area contributed by atoms with Gasteiger partial charge < -0.3 is 15.5 Å². The van der Waals surface area contributed by atoms with Crippen LogP contribution < -0.4 is 10.6 Å². The van der Waals surface area contributed by atoms with Gasteiger partial charge in [-0.3, -0.25) is 9.59 Å². The van der Waals surface area contributed by atoms with Crippen LogP contribution in [0.5, 0.6) is 0 Å². The zero-order valence-electron chi connectivity index (χ0n) is 16.0. The number of fused-ring (bicyclic) bond motifs is 2. The highest BCUT2D eigenvalue weighted by Crippen LogP contribution is 2.23. The quantitative estimate of drug-likeness (QED) is 0.828. The van der Waals surface area contributed by atoms with E-state index < -0.39 is 0 Å². The lowest BCUT2D eigenvalue weighted by Gasteiger charge is -2.24. The Bertz CT molecular complexity index is 856. The summed E-state index contributed by atoms with van der Waals surface area (Å²) in [5.41, 5.74) is 2.85. The van der Waals surface area contributed by atoms with Crippen molar-refractivity contribution in [2.24, 2.45) is 0 Å². The number of hydrogen-bond donors (Lipinski definition) is 2. The first kappa shape index (κ1) is 20.4. The molecule has 6 heteroatoms. The number of benzene rings is 2. The first-order chi connectivity index (χ1) is 13.1. The van der Waals surface area contributed by atoms with Gasteiger partial charge >= 0.3 is 0 Å². The number of aryl methyl sites for hydroxylation is 1. The van der Waals surface area contributed by atoms with Gasteiger partial charge in [0.15, 0.2) is 0 Å². The topological polar surface area (TPSA) is 61.4 Å². The lowest BCUT2D eigenvalue weighted by molar-refractivity contribution is 0.0748. The molecule has 2 fully saturated rings. The predicted molar refractivity (Wildman–Crippen MR) is 113 cm³/mol. The molecule has 2 aliphatic rings. The van der Waals surface area contributed by atoms with Crippen LogP contribution in [0.3, 0.4) is 0 Å². The summed E-state index contributed by atoms with van der Waals surface area (Å²) in [6, 6.07) is 15.6. The van der Waals surface area contributed by atoms with Crippen LogP contribution in [0.25, 0.3) is 0 Å². The predicted octanol–water partition coefficient (Wildman–Crippen LogP) is 3.64. The fraction of sp³-hybridized carbons (Fsp3) is 0.364. The molecule has 28 heavy (non-hydrogen) atoms. The molecule has 0 radical (unpaired) electrons. The zero-order chi connectivity index (χ0) is 18.8. The minimum atomic E-state index is -0.167. The summed E-state index contributed by atoms with van der Waals surface area (Å²) < 4.78 is 0. The van der Waals surface area contributed by atoms with Gasteiger partial charge in [-0.05, 0) is 56.0 Å². The van der Waals surface area contributed by atoms with Crippen molar-refractivity contribution in [1.29, 1.82) is 0 Å². The van der Waals surface area contributed by atoms with Crippen molar-refractivity contribution >= 4 is 29.9 Å². The van der Waals surface area contributed by atoms with Crippen LogP contribution in [0, 0.1) is 6.92 Å². The molecule has 2 heterocycles. The average Bonchev–Trinajstić information content (AvgIpc) is 3.02. The van der Waals surface area contributed by atoms with Gasteiger partial charge in [0.05, 0.1) is 0 Å². The molecule has 2 amide bonds. The second-order valence-electron chi connectivity index (χ2n) is 7.53. The fourth-order valence-electron chi connectivity index (χ4n) is 3.98. The van der Waals surface area contributed by atoms with Crippen molar-refractivity contribution in [2.75, 3.05) is 18.4 Å². The van der Waals surface area contributed by atoms with Gasteiger partial charge in [0.1, 0.15) is 0 Å². The molecule has 2 aromatic rings. The fourth-order valence-corrected chi connectivity index (χ4v) is 3.98. The van der Waals surface area contributed by atoms with Crippen molar-refractivity contribution in [1.82, 2.24) is 10.2 Å². The molecule has 0 spiro atoms. The van der Waals surface area contributed by atoms with Crippen LogP contribution in [0.1, 0.15) is 45.5 Å². The smallest absolute Gasteiger partial charge is 0.255 e. The number of nitrogens with one attached hydrogen (secondary N) is 2. The number of carbonyl (C=O) groups is 2. The summed E-state index contributed by atoms with van der Waals surface area (Å²) >= 11 is 0. The van der Waals surface area contributed by atoms with E-state index in [0.29, 0.717) is 28.9 Å². The molecule has 0 saturated carbocycles. The van der Waals surface area contributed by atoms with Crippen LogP contribution in [0.2, 0.25) is 0 Å². The second-order valence-corrected chi connectivity index (χ2v) is 7.53. The average molecular weight is 400 g/mol. The van der Waals surface area contributed by atoms with Crippen molar-refractivity contribution in [3.63, 3.8) is 0 Å². The molecule has 2 atom stereocenters. The molecule has 2 aliphatic heterocycles. The summed E-state index contributed by atoms with van der Waals surface area (Å²) in [4.78, 5) is 27.4. The Morgan fingerprint density at radius 1 is 1.00 bits per heavy atom. The van der Waals surface area contributed by atoms with Crippen LogP contribution in [-0.2, 0) is 0 Å². The number of hydrogen-bond acceptors (Lipinski definition) is 3. The van der Waals surface area contributed by atoms with E-state index in [2.05, 4.69) is 10.6 Å². The monoisotopic (exact) mass is 399 g/mol. The number of likely N-dealkylation sites (tertiary alicyclic amines) is 1. The summed E-state index contributed by atoms with van der Waals surface area (Å²) in [6.45, 7) is 3.48. The molecule has 5 nitrogen and oxygen atoms in total. The molecule has 2 saturated heterocycles. The Morgan fingerprint density at radius 2 is 1.75 bits per heavy atom. The molecule has 4 rings (SSSR count). The molecule has 2 unspecified atom stereocenters. The minimum Gasteiger partial charge on any atom is -0.337 e. The molecule has 0 aromatic heterocycles. The minimum absolute atomic E-state index is 0. The third-order valence-corrected chi connectivity index (χ3v) is 5.58. The van der Waals surface area contributed by atoms with E-state index in [1.165, 1.54) is 6.42 Å². The molecule has 2 N–H and O–H groups in total. The Kier molecular flexibility index (Phi) is 6.37. The van der Waals surface area contributed by atoms with Gasteiger partial charge in [0, 0.05) is 42.0 Å². The molecule has 2 bridgehead atoms. The first-order valence-electron chi connectivity index (χ1n) is 9.62. The number of amides is 2. The van der Waals surface area contributed by atoms with E-state index in [9.17, 15) is 9.59 Å². The number of anilines is 1. The van der Waals surface area contributed by atoms with Gasteiger partial charge in [-0.1, -0.05) is 24.3 Å². The third-order valence-electron chi connectivity index (χ3n) is 5.58. The van der Waals surface area contributed by atoms with Gasteiger partial charge in [0.2, 0.25) is 0 Å². The second kappa shape index (κ2) is 8.76. The highest BCUT2D eigenvalue weighted by atomic mass is 35.5. The summed E-state index contributed by atoms with van der Waals surface area (Å²) in [7, 11) is 0. The SMILES string of the molecule is Cc1ccc(C(=O)N2CCC3CCC(C2)N3)cc1NC(=O)c1ccccc1.Cl. The van der Waals surface area contributed by atoms with Gasteiger partial charge in [-0.25, -0.2) is 0 Å². The Labute approximate surface area is 171 Å². The molecule has 2 aromatic carbocycles. The molecule has 0 aliphatic carbocycles. The Morgan fingerprint density at radius 3 is 2.54 bits per heavy atom. The van der Waals surface area contributed by atoms with Crippen molar-refractivity contribution in [2.45, 2.75) is 38.3 Å². The van der Waals surface area contributed by atoms with Crippen molar-refractivity contribution in [3.05, 3.63) is 65.2 Å². The highest BCUT2D eigenvalue weighted by Gasteiger charge is 2.31. The van der Waals surface area contributed by atoms with E-state index in [0.717, 1.165) is 31.5 Å². The molecular formula is C22H26ClN3O2. The maximum atomic E-state index is 13.0. The van der Waals surface area contributed by atoms with Crippen LogP contribution in [0.15, 0.2) is 48.5 Å². The van der Waals surface area contributed by atoms with E-state index >= 15 is 0 Å². The first-order valence-corrected chi connectivity index (χ1v) is 9.62. The Balaban J connectivity index is 0.00000225. The van der Waals surface area contributed by atoms with Crippen LogP contribution in [0.4, 0.5) is 5.69 Å². The van der Waals surface area contributed by atoms with E-state index in [1.54, 1.807) is 18.2 Å². The lowest BCUT2D eigenvalue weighted by Crippen LogP contribution is -2.39. The standard InChI is InChI=1S/C22H25N3O2.ClH/c1-15-7-8-17(13-20(15)24-21(26)16-5-3-2-4-6-16)22(27)25-12-11-18-9-10-19(14-25)23-18;/h2-8,13,18-19,23H,9-12,14H2,1H3,(H,24,26);1H. The molecular weight excluding hydrogens is 374 g/mol. The van der Waals surface area contributed by atoms with Gasteiger partial charge in [-0.15, -0.1) is 12.4 Å². The van der Waals surface area contributed by atoms with Gasteiger partial charge in [0.25, 0.3) is 11.8 Å². The zero-order valence-corrected chi connectivity index (χ0v) is 16.8. The van der Waals surface area contributed by atoms with E-state index in [-0.39, 0.29) is 24.2 Å². The highest BCUT2D eigenvalue weighted by molar-refractivity contribution is 6.05. The van der Waals surface area contributed by atoms with Gasteiger partial charge in [-0.2, -0.15) is 0 Å².